The first-order chi connectivity index (χ1) is 14.1. The van der Waals surface area contributed by atoms with Crippen LogP contribution in [0.15, 0.2) is 35.5 Å². The molecule has 0 N–H and O–H groups in total. The fraction of sp³-hybridized carbons (Fsp3) is 0.565. The van der Waals surface area contributed by atoms with E-state index in [1.54, 1.807) is 19.2 Å². The molecule has 4 aliphatic carbocycles. The van der Waals surface area contributed by atoms with Crippen LogP contribution >= 0.6 is 11.3 Å². The summed E-state index contributed by atoms with van der Waals surface area (Å²) in [6.07, 6.45) is 8.50. The fourth-order valence-electron chi connectivity index (χ4n) is 6.14. The molecule has 154 valence electrons. The minimum Gasteiger partial charge on any atom is -0.383 e. The zero-order valence-corrected chi connectivity index (χ0v) is 17.6. The Balaban J connectivity index is 1.45. The Hall–Kier alpha value is -1.79. The van der Waals surface area contributed by atoms with Crippen molar-refractivity contribution in [1.29, 1.82) is 0 Å². The summed E-state index contributed by atoms with van der Waals surface area (Å²) in [5.74, 6) is 1.88. The Morgan fingerprint density at radius 3 is 2.83 bits per heavy atom. The maximum atomic E-state index is 13.5. The monoisotopic (exact) mass is 414 g/mol. The highest BCUT2D eigenvalue weighted by Gasteiger charge is 2.61. The quantitative estimate of drug-likeness (QED) is 0.712. The first kappa shape index (κ1) is 19.2. The molecule has 1 aromatic carbocycles. The van der Waals surface area contributed by atoms with E-state index in [9.17, 15) is 9.18 Å². The van der Waals surface area contributed by atoms with Gasteiger partial charge in [0.2, 0.25) is 0 Å². The van der Waals surface area contributed by atoms with Crippen molar-refractivity contribution in [2.45, 2.75) is 45.1 Å². The predicted octanol–water partition coefficient (Wildman–Crippen LogP) is 4.18. The molecule has 2 aromatic rings. The van der Waals surface area contributed by atoms with Crippen LogP contribution in [0, 0.1) is 29.0 Å². The van der Waals surface area contributed by atoms with E-state index in [-0.39, 0.29) is 17.1 Å². The normalized spacial score (nSPS) is 30.4. The largest absolute Gasteiger partial charge is 0.383 e. The third kappa shape index (κ3) is 3.50. The van der Waals surface area contributed by atoms with Crippen molar-refractivity contribution in [3.63, 3.8) is 0 Å². The molecule has 0 spiro atoms. The number of halogens is 1. The average molecular weight is 415 g/mol. The molecule has 4 aliphatic rings. The zero-order valence-electron chi connectivity index (χ0n) is 16.8. The maximum Gasteiger partial charge on any atom is 0.254 e. The van der Waals surface area contributed by atoms with Gasteiger partial charge in [0.1, 0.15) is 5.82 Å². The van der Waals surface area contributed by atoms with E-state index >= 15 is 0 Å². The second-order valence-electron chi connectivity index (χ2n) is 9.09. The van der Waals surface area contributed by atoms with Crippen LogP contribution in [-0.2, 0) is 22.5 Å². The number of nitrogens with zero attached hydrogens (tertiary/aromatic N) is 2. The number of hydrogen-bond acceptors (Lipinski definition) is 3. The van der Waals surface area contributed by atoms with Gasteiger partial charge in [0, 0.05) is 31.1 Å². The molecule has 4 fully saturated rings. The molecular weight excluding hydrogens is 387 g/mol. The first-order valence-corrected chi connectivity index (χ1v) is 11.4. The molecule has 6 heteroatoms. The van der Waals surface area contributed by atoms with Gasteiger partial charge >= 0.3 is 0 Å². The highest BCUT2D eigenvalue weighted by atomic mass is 32.1. The van der Waals surface area contributed by atoms with E-state index in [1.165, 1.54) is 36.7 Å². The number of thiazole rings is 1. The summed E-state index contributed by atoms with van der Waals surface area (Å²) in [4.78, 5) is 19.9. The Morgan fingerprint density at radius 2 is 2.10 bits per heavy atom. The van der Waals surface area contributed by atoms with E-state index in [0.29, 0.717) is 25.5 Å². The Bertz CT molecular complexity index is 981. The zero-order chi connectivity index (χ0) is 20.0. The summed E-state index contributed by atoms with van der Waals surface area (Å²) < 4.78 is 20.8. The van der Waals surface area contributed by atoms with Crippen LogP contribution in [0.25, 0.3) is 0 Å². The summed E-state index contributed by atoms with van der Waals surface area (Å²) >= 11 is 1.54. The predicted molar refractivity (Wildman–Crippen MR) is 110 cm³/mol. The molecule has 4 bridgehead atoms. The topological polar surface area (TPSA) is 43.6 Å². The molecule has 2 atom stereocenters. The van der Waals surface area contributed by atoms with E-state index in [4.69, 9.17) is 4.74 Å². The lowest BCUT2D eigenvalue weighted by atomic mass is 9.75. The Morgan fingerprint density at radius 1 is 1.31 bits per heavy atom. The maximum absolute atomic E-state index is 13.5. The van der Waals surface area contributed by atoms with Gasteiger partial charge in [0.05, 0.1) is 12.0 Å². The van der Waals surface area contributed by atoms with Crippen LogP contribution in [0.2, 0.25) is 0 Å². The molecule has 0 radical (unpaired) electrons. The second kappa shape index (κ2) is 7.47. The van der Waals surface area contributed by atoms with Gasteiger partial charge in [-0.15, -0.1) is 11.3 Å². The van der Waals surface area contributed by atoms with Crippen LogP contribution in [0.1, 0.15) is 42.5 Å². The molecule has 2 unspecified atom stereocenters. The number of amides is 1. The van der Waals surface area contributed by atoms with Gasteiger partial charge < -0.3 is 9.30 Å². The minimum atomic E-state index is -0.224. The number of carbonyl (C=O) groups excluding carboxylic acids is 1. The molecule has 6 rings (SSSR count). The molecular formula is C23H27FN2O2S. The van der Waals surface area contributed by atoms with Crippen LogP contribution < -0.4 is 4.80 Å². The van der Waals surface area contributed by atoms with Gasteiger partial charge in [-0.25, -0.2) is 4.39 Å². The van der Waals surface area contributed by atoms with Crippen LogP contribution in [0.4, 0.5) is 4.39 Å². The molecule has 1 aromatic heterocycles. The smallest absolute Gasteiger partial charge is 0.254 e. The standard InChI is InChI=1S/C23H27FN2O2S/c1-28-6-5-26-14-20(11-15-3-2-4-19(24)10-15)29-22(26)25-21(27)23-12-16-7-17(13-23)9-18(23)8-16/h2-4,10,14,16-18H,5-9,11-13H2,1H3/b25-22-. The number of rotatable bonds is 6. The van der Waals surface area contributed by atoms with Crippen molar-refractivity contribution in [2.24, 2.45) is 28.2 Å². The number of hydrogen-bond donors (Lipinski definition) is 0. The summed E-state index contributed by atoms with van der Waals surface area (Å²) in [5, 5.41) is 0. The van der Waals surface area contributed by atoms with Crippen molar-refractivity contribution in [3.05, 3.63) is 51.5 Å². The van der Waals surface area contributed by atoms with Crippen molar-refractivity contribution in [3.8, 4) is 0 Å². The van der Waals surface area contributed by atoms with E-state index in [1.807, 2.05) is 16.8 Å². The average Bonchev–Trinajstić information content (AvgIpc) is 3.26. The molecule has 0 aliphatic heterocycles. The third-order valence-electron chi connectivity index (χ3n) is 7.18. The number of benzene rings is 1. The third-order valence-corrected chi connectivity index (χ3v) is 8.20. The molecule has 1 heterocycles. The summed E-state index contributed by atoms with van der Waals surface area (Å²) in [6.45, 7) is 1.22. The number of aromatic nitrogens is 1. The summed E-state index contributed by atoms with van der Waals surface area (Å²) in [5.41, 5.74) is 0.729. The van der Waals surface area contributed by atoms with Gasteiger partial charge in [-0.05, 0) is 67.6 Å². The second-order valence-corrected chi connectivity index (χ2v) is 10.2. The highest BCUT2D eigenvalue weighted by molar-refractivity contribution is 7.09. The molecule has 4 saturated carbocycles. The molecule has 4 nitrogen and oxygen atoms in total. The van der Waals surface area contributed by atoms with Gasteiger partial charge in [0.15, 0.2) is 4.80 Å². The lowest BCUT2D eigenvalue weighted by molar-refractivity contribution is -0.129. The van der Waals surface area contributed by atoms with E-state index in [2.05, 4.69) is 4.99 Å². The SMILES string of the molecule is COCCn1cc(Cc2cccc(F)c2)s/c1=N\C(=O)C12CC3CC(CC1C3)C2. The van der Waals surface area contributed by atoms with Gasteiger partial charge in [-0.3, -0.25) is 4.79 Å². The number of methoxy groups -OCH3 is 1. The van der Waals surface area contributed by atoms with E-state index in [0.717, 1.165) is 39.9 Å². The first-order valence-electron chi connectivity index (χ1n) is 10.6. The molecule has 1 amide bonds. The van der Waals surface area contributed by atoms with Crippen molar-refractivity contribution in [1.82, 2.24) is 4.57 Å². The van der Waals surface area contributed by atoms with Crippen molar-refractivity contribution >= 4 is 17.2 Å². The minimum absolute atomic E-state index is 0.0949. The Labute approximate surface area is 174 Å². The van der Waals surface area contributed by atoms with Crippen molar-refractivity contribution < 1.29 is 13.9 Å². The van der Waals surface area contributed by atoms with Gasteiger partial charge in [-0.2, -0.15) is 4.99 Å². The summed E-state index contributed by atoms with van der Waals surface area (Å²) in [7, 11) is 1.68. The van der Waals surface area contributed by atoms with Crippen molar-refractivity contribution in [2.75, 3.05) is 13.7 Å². The van der Waals surface area contributed by atoms with Crippen LogP contribution in [0.3, 0.4) is 0 Å². The lowest BCUT2D eigenvalue weighted by Gasteiger charge is -2.29. The fourth-order valence-corrected chi connectivity index (χ4v) is 7.18. The van der Waals surface area contributed by atoms with Crippen LogP contribution in [0.5, 0.6) is 0 Å². The highest BCUT2D eigenvalue weighted by Crippen LogP contribution is 2.65. The molecule has 29 heavy (non-hydrogen) atoms. The van der Waals surface area contributed by atoms with E-state index < -0.39 is 0 Å². The van der Waals surface area contributed by atoms with Crippen LogP contribution in [-0.4, -0.2) is 24.2 Å². The lowest BCUT2D eigenvalue weighted by Crippen LogP contribution is -2.33. The Kier molecular flexibility index (Phi) is 4.95. The van der Waals surface area contributed by atoms with Gasteiger partial charge in [0.25, 0.3) is 5.91 Å². The number of ether oxygens (including phenoxy) is 1. The number of carbonyl (C=O) groups is 1. The summed E-state index contributed by atoms with van der Waals surface area (Å²) in [6, 6.07) is 6.68. The molecule has 0 saturated heterocycles. The van der Waals surface area contributed by atoms with Gasteiger partial charge in [-0.1, -0.05) is 12.1 Å².